The van der Waals surface area contributed by atoms with Gasteiger partial charge in [0.2, 0.25) is 10.0 Å². The number of nitrogens with zero attached hydrogens (tertiary/aromatic N) is 3. The van der Waals surface area contributed by atoms with E-state index in [0.717, 1.165) is 11.1 Å². The molecule has 124 valence electrons. The average molecular weight is 333 g/mol. The Morgan fingerprint density at radius 3 is 2.43 bits per heavy atom. The van der Waals surface area contributed by atoms with Gasteiger partial charge < -0.3 is 0 Å². The minimum Gasteiger partial charge on any atom is -0.276 e. The number of sulfonamides is 1. The van der Waals surface area contributed by atoms with Gasteiger partial charge in [-0.3, -0.25) is 4.68 Å². The van der Waals surface area contributed by atoms with Crippen molar-refractivity contribution in [3.05, 3.63) is 47.8 Å². The van der Waals surface area contributed by atoms with E-state index < -0.39 is 10.0 Å². The lowest BCUT2D eigenvalue weighted by molar-refractivity contribution is 0.347. The van der Waals surface area contributed by atoms with Gasteiger partial charge in [0, 0.05) is 32.3 Å². The van der Waals surface area contributed by atoms with Gasteiger partial charge in [0.15, 0.2) is 0 Å². The van der Waals surface area contributed by atoms with Crippen molar-refractivity contribution in [2.24, 2.45) is 12.5 Å². The second kappa shape index (κ2) is 5.46. The van der Waals surface area contributed by atoms with Crippen molar-refractivity contribution in [2.45, 2.75) is 31.6 Å². The van der Waals surface area contributed by atoms with Gasteiger partial charge in [-0.2, -0.15) is 9.40 Å². The van der Waals surface area contributed by atoms with E-state index in [1.807, 2.05) is 38.5 Å². The summed E-state index contributed by atoms with van der Waals surface area (Å²) >= 11 is 0. The van der Waals surface area contributed by atoms with E-state index in [0.29, 0.717) is 18.0 Å². The summed E-state index contributed by atoms with van der Waals surface area (Å²) in [6.07, 6.45) is 3.82. The average Bonchev–Trinajstić information content (AvgIpc) is 3.02. The summed E-state index contributed by atoms with van der Waals surface area (Å²) in [5, 5.41) is 4.23. The molecule has 3 rings (SSSR count). The molecule has 0 spiro atoms. The predicted octanol–water partition coefficient (Wildman–Crippen LogP) is 2.54. The molecule has 0 unspecified atom stereocenters. The van der Waals surface area contributed by atoms with E-state index >= 15 is 0 Å². The van der Waals surface area contributed by atoms with Crippen LogP contribution in [-0.2, 0) is 17.1 Å². The molecule has 0 amide bonds. The van der Waals surface area contributed by atoms with Gasteiger partial charge in [0.05, 0.1) is 11.1 Å². The van der Waals surface area contributed by atoms with Gasteiger partial charge in [0.1, 0.15) is 0 Å². The molecule has 1 aromatic carbocycles. The highest BCUT2D eigenvalue weighted by Crippen LogP contribution is 2.43. The van der Waals surface area contributed by atoms with Crippen LogP contribution in [0.4, 0.5) is 0 Å². The molecule has 1 aliphatic rings. The Hall–Kier alpha value is -1.66. The SMILES string of the molecule is Cc1ccc(S(=O)(=O)N2C[C@H](c3cnn(C)c3)C(C)(C)C2)cc1. The van der Waals surface area contributed by atoms with Crippen LogP contribution in [0, 0.1) is 12.3 Å². The summed E-state index contributed by atoms with van der Waals surface area (Å²) in [5.74, 6) is 0.149. The van der Waals surface area contributed by atoms with Crippen LogP contribution in [0.3, 0.4) is 0 Å². The van der Waals surface area contributed by atoms with Crippen molar-refractivity contribution in [1.82, 2.24) is 14.1 Å². The number of hydrogen-bond donors (Lipinski definition) is 0. The van der Waals surface area contributed by atoms with Crippen molar-refractivity contribution in [3.8, 4) is 0 Å². The molecule has 0 bridgehead atoms. The fourth-order valence-corrected chi connectivity index (χ4v) is 4.93. The van der Waals surface area contributed by atoms with E-state index in [1.54, 1.807) is 21.1 Å². The van der Waals surface area contributed by atoms with E-state index in [4.69, 9.17) is 0 Å². The van der Waals surface area contributed by atoms with Crippen LogP contribution in [-0.4, -0.2) is 35.6 Å². The highest BCUT2D eigenvalue weighted by Gasteiger charge is 2.45. The van der Waals surface area contributed by atoms with Crippen molar-refractivity contribution >= 4 is 10.0 Å². The standard InChI is InChI=1S/C17H23N3O2S/c1-13-5-7-15(8-6-13)23(21,22)20-11-16(17(2,3)12-20)14-9-18-19(4)10-14/h5-10,16H,11-12H2,1-4H3/t16-/m1/s1. The van der Waals surface area contributed by atoms with E-state index in [9.17, 15) is 8.42 Å². The summed E-state index contributed by atoms with van der Waals surface area (Å²) in [7, 11) is -1.57. The third-order valence-corrected chi connectivity index (χ3v) is 6.53. The first kappa shape index (κ1) is 16.2. The number of hydrogen-bond acceptors (Lipinski definition) is 3. The Morgan fingerprint density at radius 2 is 1.87 bits per heavy atom. The molecular weight excluding hydrogens is 310 g/mol. The normalized spacial score (nSPS) is 21.7. The van der Waals surface area contributed by atoms with Gasteiger partial charge >= 0.3 is 0 Å². The highest BCUT2D eigenvalue weighted by molar-refractivity contribution is 7.89. The molecule has 5 nitrogen and oxygen atoms in total. The molecular formula is C17H23N3O2S. The fourth-order valence-electron chi connectivity index (χ4n) is 3.30. The molecule has 23 heavy (non-hydrogen) atoms. The molecule has 6 heteroatoms. The molecule has 0 saturated carbocycles. The van der Waals surface area contributed by atoms with Gasteiger partial charge in [0.25, 0.3) is 0 Å². The van der Waals surface area contributed by atoms with E-state index in [-0.39, 0.29) is 11.3 Å². The lowest BCUT2D eigenvalue weighted by Gasteiger charge is -2.24. The molecule has 1 aromatic heterocycles. The van der Waals surface area contributed by atoms with Crippen LogP contribution in [0.25, 0.3) is 0 Å². The van der Waals surface area contributed by atoms with Crippen molar-refractivity contribution in [2.75, 3.05) is 13.1 Å². The molecule has 1 fully saturated rings. The first-order chi connectivity index (χ1) is 10.7. The number of aromatic nitrogens is 2. The zero-order chi connectivity index (χ0) is 16.8. The Bertz CT molecular complexity index is 807. The summed E-state index contributed by atoms with van der Waals surface area (Å²) in [6.45, 7) is 7.20. The minimum absolute atomic E-state index is 0.124. The lowest BCUT2D eigenvalue weighted by atomic mass is 9.79. The zero-order valence-electron chi connectivity index (χ0n) is 14.0. The highest BCUT2D eigenvalue weighted by atomic mass is 32.2. The number of rotatable bonds is 3. The van der Waals surface area contributed by atoms with Gasteiger partial charge in [-0.05, 0) is 30.0 Å². The lowest BCUT2D eigenvalue weighted by Crippen LogP contribution is -2.30. The first-order valence-electron chi connectivity index (χ1n) is 7.75. The summed E-state index contributed by atoms with van der Waals surface area (Å²) in [5.41, 5.74) is 2.03. The quantitative estimate of drug-likeness (QED) is 0.867. The molecule has 1 atom stereocenters. The second-order valence-electron chi connectivity index (χ2n) is 7.10. The molecule has 0 radical (unpaired) electrons. The number of aryl methyl sites for hydroxylation is 2. The Morgan fingerprint density at radius 1 is 1.22 bits per heavy atom. The monoisotopic (exact) mass is 333 g/mol. The van der Waals surface area contributed by atoms with Gasteiger partial charge in [-0.25, -0.2) is 8.42 Å². The molecule has 0 N–H and O–H groups in total. The maximum Gasteiger partial charge on any atom is 0.243 e. The van der Waals surface area contributed by atoms with Crippen LogP contribution < -0.4 is 0 Å². The van der Waals surface area contributed by atoms with Crippen molar-refractivity contribution in [1.29, 1.82) is 0 Å². The molecule has 1 aliphatic heterocycles. The molecule has 0 aliphatic carbocycles. The van der Waals surface area contributed by atoms with E-state index in [1.165, 1.54) is 0 Å². The van der Waals surface area contributed by atoms with E-state index in [2.05, 4.69) is 18.9 Å². The Balaban J connectivity index is 1.91. The second-order valence-corrected chi connectivity index (χ2v) is 9.04. The molecule has 1 saturated heterocycles. The smallest absolute Gasteiger partial charge is 0.243 e. The maximum absolute atomic E-state index is 12.9. The third-order valence-electron chi connectivity index (χ3n) is 4.70. The largest absolute Gasteiger partial charge is 0.276 e. The topological polar surface area (TPSA) is 55.2 Å². The minimum atomic E-state index is -3.45. The summed E-state index contributed by atoms with van der Waals surface area (Å²) < 4.78 is 29.2. The molecule has 2 heterocycles. The summed E-state index contributed by atoms with van der Waals surface area (Å²) in [6, 6.07) is 7.06. The summed E-state index contributed by atoms with van der Waals surface area (Å²) in [4.78, 5) is 0.366. The predicted molar refractivity (Wildman–Crippen MR) is 89.7 cm³/mol. The van der Waals surface area contributed by atoms with Gasteiger partial charge in [-0.1, -0.05) is 31.5 Å². The van der Waals surface area contributed by atoms with Crippen LogP contribution in [0.2, 0.25) is 0 Å². The van der Waals surface area contributed by atoms with Crippen LogP contribution in [0.1, 0.15) is 30.9 Å². The third kappa shape index (κ3) is 2.93. The fraction of sp³-hybridized carbons (Fsp3) is 0.471. The first-order valence-corrected chi connectivity index (χ1v) is 9.19. The maximum atomic E-state index is 12.9. The van der Waals surface area contributed by atoms with Crippen LogP contribution in [0.5, 0.6) is 0 Å². The molecule has 2 aromatic rings. The number of benzene rings is 1. The Kier molecular flexibility index (Phi) is 3.84. The van der Waals surface area contributed by atoms with Crippen LogP contribution >= 0.6 is 0 Å². The van der Waals surface area contributed by atoms with Crippen LogP contribution in [0.15, 0.2) is 41.6 Å². The zero-order valence-corrected chi connectivity index (χ0v) is 14.8. The van der Waals surface area contributed by atoms with Crippen molar-refractivity contribution < 1.29 is 8.42 Å². The Labute approximate surface area is 138 Å². The van der Waals surface area contributed by atoms with Crippen molar-refractivity contribution in [3.63, 3.8) is 0 Å². The van der Waals surface area contributed by atoms with Gasteiger partial charge in [-0.15, -0.1) is 0 Å².